The zero-order valence-electron chi connectivity index (χ0n) is 10.0. The minimum Gasteiger partial charge on any atom is -0.313 e. The number of halogens is 1. The van der Waals surface area contributed by atoms with Gasteiger partial charge in [0.15, 0.2) is 0 Å². The molecule has 5 heteroatoms. The molecule has 4 nitrogen and oxygen atoms in total. The van der Waals surface area contributed by atoms with E-state index in [4.69, 9.17) is 5.26 Å². The van der Waals surface area contributed by atoms with Crippen LogP contribution in [0, 0.1) is 17.1 Å². The molecule has 0 bridgehead atoms. The molecular weight excluding hydrogens is 231 g/mol. The molecule has 0 aliphatic carbocycles. The fraction of sp³-hybridized carbons (Fsp3) is 0.231. The summed E-state index contributed by atoms with van der Waals surface area (Å²) >= 11 is 0. The average Bonchev–Trinajstić information content (AvgIpc) is 2.84. The molecule has 0 atom stereocenters. The highest BCUT2D eigenvalue weighted by Crippen LogP contribution is 2.17. The van der Waals surface area contributed by atoms with Crippen LogP contribution in [0.3, 0.4) is 0 Å². The second-order valence-corrected chi connectivity index (χ2v) is 3.79. The molecule has 1 heterocycles. The first-order chi connectivity index (χ1) is 8.76. The minimum absolute atomic E-state index is 0.287. The summed E-state index contributed by atoms with van der Waals surface area (Å²) in [5.41, 5.74) is 1.57. The van der Waals surface area contributed by atoms with Gasteiger partial charge < -0.3 is 5.32 Å². The molecule has 0 saturated heterocycles. The number of benzene rings is 1. The number of aromatic nitrogens is 2. The van der Waals surface area contributed by atoms with Crippen molar-refractivity contribution in [1.82, 2.24) is 14.9 Å². The molecular formula is C13H13FN4. The monoisotopic (exact) mass is 244 g/mol. The third-order valence-electron chi connectivity index (χ3n) is 2.61. The van der Waals surface area contributed by atoms with Crippen LogP contribution in [0.1, 0.15) is 18.3 Å². The molecule has 2 aromatic rings. The van der Waals surface area contributed by atoms with Crippen molar-refractivity contribution < 1.29 is 4.39 Å². The summed E-state index contributed by atoms with van der Waals surface area (Å²) in [7, 11) is 0. The predicted octanol–water partition coefficient (Wildman–Crippen LogP) is 1.99. The molecule has 0 amide bonds. The lowest BCUT2D eigenvalue weighted by atomic mass is 10.1. The fourth-order valence-corrected chi connectivity index (χ4v) is 1.77. The van der Waals surface area contributed by atoms with Gasteiger partial charge in [-0.25, -0.2) is 9.37 Å². The second-order valence-electron chi connectivity index (χ2n) is 3.79. The van der Waals surface area contributed by atoms with Gasteiger partial charge in [0, 0.05) is 18.9 Å². The maximum atomic E-state index is 13.3. The molecule has 1 aromatic heterocycles. The van der Waals surface area contributed by atoms with Gasteiger partial charge in [-0.15, -0.1) is 0 Å². The number of rotatable bonds is 4. The van der Waals surface area contributed by atoms with Gasteiger partial charge in [0.1, 0.15) is 11.9 Å². The molecule has 0 radical (unpaired) electrons. The summed E-state index contributed by atoms with van der Waals surface area (Å²) in [6.07, 6.45) is 3.25. The molecule has 1 aromatic carbocycles. The lowest BCUT2D eigenvalue weighted by Gasteiger charge is -2.11. The minimum atomic E-state index is -0.287. The fourth-order valence-electron chi connectivity index (χ4n) is 1.77. The van der Waals surface area contributed by atoms with E-state index in [9.17, 15) is 4.39 Å². The zero-order valence-corrected chi connectivity index (χ0v) is 10.0. The topological polar surface area (TPSA) is 53.6 Å². The van der Waals surface area contributed by atoms with Crippen molar-refractivity contribution >= 4 is 0 Å². The molecule has 0 aliphatic rings. The van der Waals surface area contributed by atoms with E-state index in [2.05, 4.69) is 10.3 Å². The number of nitriles is 1. The summed E-state index contributed by atoms with van der Waals surface area (Å²) < 4.78 is 14.9. The highest BCUT2D eigenvalue weighted by Gasteiger charge is 2.09. The Balaban J connectivity index is 2.47. The van der Waals surface area contributed by atoms with Crippen molar-refractivity contribution in [2.24, 2.45) is 0 Å². The third-order valence-corrected chi connectivity index (χ3v) is 2.61. The number of imidazole rings is 1. The summed E-state index contributed by atoms with van der Waals surface area (Å²) in [4.78, 5) is 3.94. The van der Waals surface area contributed by atoms with Gasteiger partial charge in [0.25, 0.3) is 0 Å². The van der Waals surface area contributed by atoms with Crippen molar-refractivity contribution in [3.8, 4) is 11.8 Å². The highest BCUT2D eigenvalue weighted by atomic mass is 19.1. The Kier molecular flexibility index (Phi) is 3.70. The van der Waals surface area contributed by atoms with Crippen molar-refractivity contribution in [3.05, 3.63) is 47.8 Å². The van der Waals surface area contributed by atoms with Crippen molar-refractivity contribution in [2.75, 3.05) is 6.54 Å². The Bertz CT molecular complexity index is 583. The Morgan fingerprint density at radius 2 is 2.33 bits per heavy atom. The van der Waals surface area contributed by atoms with E-state index in [0.717, 1.165) is 17.8 Å². The van der Waals surface area contributed by atoms with E-state index in [1.165, 1.54) is 12.1 Å². The van der Waals surface area contributed by atoms with Crippen LogP contribution in [0.25, 0.3) is 5.69 Å². The first kappa shape index (κ1) is 12.3. The van der Waals surface area contributed by atoms with Crippen LogP contribution in [0.5, 0.6) is 0 Å². The van der Waals surface area contributed by atoms with E-state index in [1.807, 2.05) is 13.0 Å². The van der Waals surface area contributed by atoms with E-state index >= 15 is 0 Å². The number of nitrogens with zero attached hydrogens (tertiary/aromatic N) is 3. The van der Waals surface area contributed by atoms with E-state index in [0.29, 0.717) is 12.4 Å². The zero-order chi connectivity index (χ0) is 13.0. The van der Waals surface area contributed by atoms with Gasteiger partial charge in [0.2, 0.25) is 5.82 Å². The molecule has 2 rings (SSSR count). The standard InChI is InChI=1S/C13H13FN4/c1-2-16-9-10-7-11(14)3-4-12(10)18-6-5-17-13(18)8-15/h3-7,16H,2,9H2,1H3. The Morgan fingerprint density at radius 1 is 1.50 bits per heavy atom. The normalized spacial score (nSPS) is 10.3. The van der Waals surface area contributed by atoms with Crippen molar-refractivity contribution in [3.63, 3.8) is 0 Å². The molecule has 18 heavy (non-hydrogen) atoms. The van der Waals surface area contributed by atoms with Crippen molar-refractivity contribution in [1.29, 1.82) is 5.26 Å². The van der Waals surface area contributed by atoms with Crippen LogP contribution in [-0.4, -0.2) is 16.1 Å². The molecule has 0 fully saturated rings. The van der Waals surface area contributed by atoms with Crippen LogP contribution >= 0.6 is 0 Å². The third kappa shape index (κ3) is 2.39. The first-order valence-corrected chi connectivity index (χ1v) is 5.69. The molecule has 0 saturated carbocycles. The molecule has 1 N–H and O–H groups in total. The lowest BCUT2D eigenvalue weighted by molar-refractivity contribution is 0.620. The molecule has 0 unspecified atom stereocenters. The maximum Gasteiger partial charge on any atom is 0.217 e. The maximum absolute atomic E-state index is 13.3. The summed E-state index contributed by atoms with van der Waals surface area (Å²) in [6.45, 7) is 3.33. The van der Waals surface area contributed by atoms with E-state index < -0.39 is 0 Å². The second kappa shape index (κ2) is 5.43. The Labute approximate surface area is 105 Å². The van der Waals surface area contributed by atoms with Crippen LogP contribution in [-0.2, 0) is 6.54 Å². The number of hydrogen-bond donors (Lipinski definition) is 1. The quantitative estimate of drug-likeness (QED) is 0.894. The van der Waals surface area contributed by atoms with Gasteiger partial charge in [-0.1, -0.05) is 6.92 Å². The van der Waals surface area contributed by atoms with Crippen LogP contribution in [0.15, 0.2) is 30.6 Å². The largest absolute Gasteiger partial charge is 0.313 e. The first-order valence-electron chi connectivity index (χ1n) is 5.69. The predicted molar refractivity (Wildman–Crippen MR) is 65.6 cm³/mol. The SMILES string of the molecule is CCNCc1cc(F)ccc1-n1ccnc1C#N. The van der Waals surface area contributed by atoms with Gasteiger partial charge in [-0.3, -0.25) is 4.57 Å². The van der Waals surface area contributed by atoms with Crippen LogP contribution in [0.4, 0.5) is 4.39 Å². The number of nitrogens with one attached hydrogen (secondary N) is 1. The Hall–Kier alpha value is -2.19. The highest BCUT2D eigenvalue weighted by molar-refractivity contribution is 5.44. The number of hydrogen-bond acceptors (Lipinski definition) is 3. The summed E-state index contributed by atoms with van der Waals surface area (Å²) in [5, 5.41) is 12.1. The van der Waals surface area contributed by atoms with Crippen molar-refractivity contribution in [2.45, 2.75) is 13.5 Å². The average molecular weight is 244 g/mol. The van der Waals surface area contributed by atoms with Crippen LogP contribution < -0.4 is 5.32 Å². The molecule has 92 valence electrons. The van der Waals surface area contributed by atoms with Crippen LogP contribution in [0.2, 0.25) is 0 Å². The molecule has 0 aliphatic heterocycles. The van der Waals surface area contributed by atoms with Gasteiger partial charge in [-0.05, 0) is 30.3 Å². The van der Waals surface area contributed by atoms with E-state index in [-0.39, 0.29) is 5.82 Å². The lowest BCUT2D eigenvalue weighted by Crippen LogP contribution is -2.14. The van der Waals surface area contributed by atoms with E-state index in [1.54, 1.807) is 23.0 Å². The van der Waals surface area contributed by atoms with Gasteiger partial charge in [0.05, 0.1) is 5.69 Å². The summed E-state index contributed by atoms with van der Waals surface area (Å²) in [6, 6.07) is 6.52. The smallest absolute Gasteiger partial charge is 0.217 e. The van der Waals surface area contributed by atoms with Gasteiger partial charge in [-0.2, -0.15) is 5.26 Å². The molecule has 0 spiro atoms. The summed E-state index contributed by atoms with van der Waals surface area (Å²) in [5.74, 6) is 0.00429. The van der Waals surface area contributed by atoms with Gasteiger partial charge >= 0.3 is 0 Å². The Morgan fingerprint density at radius 3 is 3.06 bits per heavy atom.